The monoisotopic (exact) mass is 154 g/mol. The van der Waals surface area contributed by atoms with Crippen molar-refractivity contribution in [1.29, 1.82) is 0 Å². The molecule has 0 amide bonds. The summed E-state index contributed by atoms with van der Waals surface area (Å²) in [6, 6.07) is 5.15. The van der Waals surface area contributed by atoms with Crippen molar-refractivity contribution in [2.24, 2.45) is 7.05 Å². The average molecular weight is 154 g/mol. The molecular formula is C6H8N3O2+. The molecule has 0 aliphatic rings. The molecule has 0 atom stereocenters. The van der Waals surface area contributed by atoms with E-state index < -0.39 is 5.03 Å². The third-order valence-electron chi connectivity index (χ3n) is 1.26. The van der Waals surface area contributed by atoms with E-state index >= 15 is 0 Å². The van der Waals surface area contributed by atoms with Crippen molar-refractivity contribution in [1.82, 2.24) is 0 Å². The largest absolute Gasteiger partial charge is 0.339 e. The quantitative estimate of drug-likeness (QED) is 0.374. The molecule has 1 rings (SSSR count). The molecule has 5 nitrogen and oxygen atoms in total. The minimum Gasteiger partial charge on any atom is -0.233 e. The molecule has 1 heterocycles. The summed E-state index contributed by atoms with van der Waals surface area (Å²) in [6.45, 7) is 0. The van der Waals surface area contributed by atoms with Gasteiger partial charge in [0.05, 0.1) is 13.2 Å². The first-order valence-electron chi connectivity index (χ1n) is 3.06. The maximum absolute atomic E-state index is 10.0. The van der Waals surface area contributed by atoms with Gasteiger partial charge in [-0.15, -0.1) is 0 Å². The second kappa shape index (κ2) is 2.96. The topological polar surface area (TPSA) is 59.0 Å². The van der Waals surface area contributed by atoms with Crippen LogP contribution in [-0.4, -0.2) is 5.03 Å². The second-order valence-corrected chi connectivity index (χ2v) is 2.07. The van der Waals surface area contributed by atoms with Crippen LogP contribution < -0.4 is 9.99 Å². The van der Waals surface area contributed by atoms with E-state index in [4.69, 9.17) is 0 Å². The van der Waals surface area contributed by atoms with Gasteiger partial charge in [0.25, 0.3) is 0 Å². The van der Waals surface area contributed by atoms with Gasteiger partial charge in [-0.2, -0.15) is 0 Å². The van der Waals surface area contributed by atoms with E-state index in [0.717, 1.165) is 0 Å². The smallest absolute Gasteiger partial charge is 0.233 e. The van der Waals surface area contributed by atoms with E-state index in [1.807, 2.05) is 0 Å². The van der Waals surface area contributed by atoms with Gasteiger partial charge in [0.2, 0.25) is 5.03 Å². The lowest BCUT2D eigenvalue weighted by Crippen LogP contribution is -2.33. The van der Waals surface area contributed by atoms with Gasteiger partial charge in [0.15, 0.2) is 0 Å². The number of nitrogens with one attached hydrogen (secondary N) is 1. The summed E-state index contributed by atoms with van der Waals surface area (Å²) in [6.07, 6.45) is 1.73. The van der Waals surface area contributed by atoms with E-state index in [2.05, 4.69) is 5.43 Å². The summed E-state index contributed by atoms with van der Waals surface area (Å²) in [4.78, 5) is 10.0. The number of hydrazine groups is 1. The van der Waals surface area contributed by atoms with Gasteiger partial charge in [-0.25, -0.2) is 14.7 Å². The third-order valence-corrected chi connectivity index (χ3v) is 1.26. The van der Waals surface area contributed by atoms with E-state index in [0.29, 0.717) is 5.82 Å². The van der Waals surface area contributed by atoms with Crippen LogP contribution in [-0.2, 0) is 7.05 Å². The summed E-state index contributed by atoms with van der Waals surface area (Å²) in [5.74, 6) is 0.456. The molecule has 1 aromatic heterocycles. The molecule has 58 valence electrons. The number of nitro groups is 1. The summed E-state index contributed by atoms with van der Waals surface area (Å²) < 4.78 is 1.63. The molecule has 1 N–H and O–H groups in total. The molecule has 0 aliphatic heterocycles. The Morgan fingerprint density at radius 2 is 2.36 bits per heavy atom. The van der Waals surface area contributed by atoms with Crippen molar-refractivity contribution in [3.63, 3.8) is 0 Å². The first-order valence-corrected chi connectivity index (χ1v) is 3.06. The van der Waals surface area contributed by atoms with Gasteiger partial charge in [-0.05, 0) is 6.07 Å². The number of anilines is 1. The molecule has 0 unspecified atom stereocenters. The fourth-order valence-electron chi connectivity index (χ4n) is 0.733. The zero-order valence-electron chi connectivity index (χ0n) is 6.02. The standard InChI is InChI=1S/C6H7N3O2/c1-8-5-3-2-4-6(8)7-9(10)11/h2-5H,1H3/p+1. The molecule has 1 aromatic rings. The van der Waals surface area contributed by atoms with Gasteiger partial charge in [0.1, 0.15) is 0 Å². The minimum absolute atomic E-state index is 0.456. The summed E-state index contributed by atoms with van der Waals surface area (Å²) in [5.41, 5.74) is 2.06. The Morgan fingerprint density at radius 3 is 2.91 bits per heavy atom. The van der Waals surface area contributed by atoms with Crippen molar-refractivity contribution in [3.8, 4) is 0 Å². The molecule has 0 aliphatic carbocycles. The number of hydrogen-bond donors (Lipinski definition) is 1. The maximum Gasteiger partial charge on any atom is 0.339 e. The second-order valence-electron chi connectivity index (χ2n) is 2.07. The highest BCUT2D eigenvalue weighted by Crippen LogP contribution is 1.95. The highest BCUT2D eigenvalue weighted by molar-refractivity contribution is 5.23. The van der Waals surface area contributed by atoms with Crippen molar-refractivity contribution >= 4 is 5.82 Å². The Labute approximate surface area is 63.4 Å². The molecule has 0 bridgehead atoms. The van der Waals surface area contributed by atoms with Crippen LogP contribution in [0.4, 0.5) is 5.82 Å². The molecule has 0 saturated heterocycles. The van der Waals surface area contributed by atoms with Gasteiger partial charge in [-0.3, -0.25) is 0 Å². The van der Waals surface area contributed by atoms with Crippen molar-refractivity contribution in [3.05, 3.63) is 34.5 Å². The van der Waals surface area contributed by atoms with Crippen LogP contribution in [0.15, 0.2) is 24.4 Å². The van der Waals surface area contributed by atoms with Crippen LogP contribution in [0.3, 0.4) is 0 Å². The van der Waals surface area contributed by atoms with Crippen LogP contribution >= 0.6 is 0 Å². The average Bonchev–Trinajstić information content (AvgIpc) is 1.93. The number of pyridine rings is 1. The zero-order valence-corrected chi connectivity index (χ0v) is 6.02. The minimum atomic E-state index is -0.588. The number of nitrogens with zero attached hydrogens (tertiary/aromatic N) is 2. The summed E-state index contributed by atoms with van der Waals surface area (Å²) in [5, 5.41) is 9.41. The maximum atomic E-state index is 10.0. The van der Waals surface area contributed by atoms with Gasteiger partial charge in [0, 0.05) is 11.5 Å². The molecule has 0 fully saturated rings. The normalized spacial score (nSPS) is 9.18. The lowest BCUT2D eigenvalue weighted by atomic mass is 10.4. The summed E-state index contributed by atoms with van der Waals surface area (Å²) in [7, 11) is 1.73. The predicted octanol–water partition coefficient (Wildman–Crippen LogP) is 0.115. The molecule has 11 heavy (non-hydrogen) atoms. The Hall–Kier alpha value is -1.65. The van der Waals surface area contributed by atoms with Gasteiger partial charge >= 0.3 is 5.82 Å². The van der Waals surface area contributed by atoms with Gasteiger partial charge in [-0.1, -0.05) is 6.07 Å². The molecule has 5 heteroatoms. The molecule has 0 aromatic carbocycles. The zero-order chi connectivity index (χ0) is 8.27. The van der Waals surface area contributed by atoms with Crippen LogP contribution in [0.1, 0.15) is 0 Å². The lowest BCUT2D eigenvalue weighted by molar-refractivity contribution is -0.665. The highest BCUT2D eigenvalue weighted by atomic mass is 16.7. The van der Waals surface area contributed by atoms with E-state index in [1.165, 1.54) is 0 Å². The SMILES string of the molecule is C[n+]1ccccc1N[N+](=O)[O-]. The van der Waals surface area contributed by atoms with Crippen LogP contribution in [0, 0.1) is 10.1 Å². The number of aromatic nitrogens is 1. The predicted molar refractivity (Wildman–Crippen MR) is 38.2 cm³/mol. The summed E-state index contributed by atoms with van der Waals surface area (Å²) >= 11 is 0. The third kappa shape index (κ3) is 1.89. The van der Waals surface area contributed by atoms with Crippen LogP contribution in [0.25, 0.3) is 0 Å². The van der Waals surface area contributed by atoms with Crippen molar-refractivity contribution in [2.75, 3.05) is 5.43 Å². The van der Waals surface area contributed by atoms with E-state index in [-0.39, 0.29) is 0 Å². The Morgan fingerprint density at radius 1 is 1.64 bits per heavy atom. The molecule has 0 saturated carbocycles. The van der Waals surface area contributed by atoms with Crippen molar-refractivity contribution < 1.29 is 9.60 Å². The lowest BCUT2D eigenvalue weighted by Gasteiger charge is -1.93. The van der Waals surface area contributed by atoms with Gasteiger partial charge < -0.3 is 0 Å². The fraction of sp³-hybridized carbons (Fsp3) is 0.167. The van der Waals surface area contributed by atoms with Crippen LogP contribution in [0.5, 0.6) is 0 Å². The molecule has 0 radical (unpaired) electrons. The number of aryl methyl sites for hydroxylation is 1. The van der Waals surface area contributed by atoms with E-state index in [1.54, 1.807) is 36.0 Å². The molecular weight excluding hydrogens is 146 g/mol. The number of hydrogen-bond acceptors (Lipinski definition) is 2. The Balaban J connectivity index is 2.86. The number of rotatable bonds is 2. The van der Waals surface area contributed by atoms with E-state index in [9.17, 15) is 10.1 Å². The van der Waals surface area contributed by atoms with Crippen molar-refractivity contribution in [2.45, 2.75) is 0 Å². The molecule has 0 spiro atoms. The fourth-order valence-corrected chi connectivity index (χ4v) is 0.733. The first-order chi connectivity index (χ1) is 5.20. The van der Waals surface area contributed by atoms with Crippen LogP contribution in [0.2, 0.25) is 0 Å². The highest BCUT2D eigenvalue weighted by Gasteiger charge is 2.09. The Kier molecular flexibility index (Phi) is 2.00. The first kappa shape index (κ1) is 7.46. The Bertz CT molecular complexity index is 274.